The maximum Gasteiger partial charge on any atom is 0.355 e. The van der Waals surface area contributed by atoms with Crippen LogP contribution in [0.15, 0.2) is 23.6 Å². The number of H-pyrrole nitrogens is 1. The number of hydrogen-bond acceptors (Lipinski definition) is 6. The zero-order valence-electron chi connectivity index (χ0n) is 11.5. The Morgan fingerprint density at radius 3 is 2.81 bits per heavy atom. The summed E-state index contributed by atoms with van der Waals surface area (Å²) < 4.78 is 10.0. The molecule has 6 nitrogen and oxygen atoms in total. The molecule has 0 unspecified atom stereocenters. The zero-order chi connectivity index (χ0) is 15.0. The number of thiazole rings is 1. The Hall–Kier alpha value is -2.54. The number of benzene rings is 1. The molecule has 0 aliphatic rings. The molecule has 3 N–H and O–H groups in total. The number of nitrogen functional groups attached to an aromatic ring is 1. The highest BCUT2D eigenvalue weighted by Gasteiger charge is 2.21. The third kappa shape index (κ3) is 2.21. The van der Waals surface area contributed by atoms with Crippen molar-refractivity contribution in [2.45, 2.75) is 0 Å². The fourth-order valence-corrected chi connectivity index (χ4v) is 2.78. The molecule has 0 saturated heterocycles. The predicted molar refractivity (Wildman–Crippen MR) is 81.7 cm³/mol. The molecule has 0 fully saturated rings. The number of aromatic amines is 1. The van der Waals surface area contributed by atoms with Gasteiger partial charge in [-0.2, -0.15) is 0 Å². The topological polar surface area (TPSA) is 90.2 Å². The van der Waals surface area contributed by atoms with Crippen LogP contribution in [0, 0.1) is 0 Å². The molecule has 0 spiro atoms. The van der Waals surface area contributed by atoms with Gasteiger partial charge in [0.05, 0.1) is 25.4 Å². The van der Waals surface area contributed by atoms with Gasteiger partial charge in [0, 0.05) is 22.4 Å². The Morgan fingerprint density at radius 2 is 2.19 bits per heavy atom. The second kappa shape index (κ2) is 5.10. The van der Waals surface area contributed by atoms with Crippen LogP contribution in [0.25, 0.3) is 22.2 Å². The fourth-order valence-electron chi connectivity index (χ4n) is 2.23. The lowest BCUT2D eigenvalue weighted by Crippen LogP contribution is -2.03. The number of nitrogens with one attached hydrogen (secondary N) is 1. The lowest BCUT2D eigenvalue weighted by molar-refractivity contribution is 0.0596. The molecule has 0 amide bonds. The Labute approximate surface area is 124 Å². The van der Waals surface area contributed by atoms with E-state index in [9.17, 15) is 4.79 Å². The molecular weight excluding hydrogens is 290 g/mol. The molecule has 1 aromatic carbocycles. The number of ether oxygens (including phenoxy) is 2. The molecule has 0 radical (unpaired) electrons. The molecule has 0 aliphatic heterocycles. The van der Waals surface area contributed by atoms with Gasteiger partial charge >= 0.3 is 5.97 Å². The minimum Gasteiger partial charge on any atom is -0.497 e. The third-order valence-corrected chi connectivity index (χ3v) is 3.85. The van der Waals surface area contributed by atoms with E-state index in [2.05, 4.69) is 9.97 Å². The van der Waals surface area contributed by atoms with Gasteiger partial charge in [-0.25, -0.2) is 9.78 Å². The summed E-state index contributed by atoms with van der Waals surface area (Å²) in [5, 5.41) is 3.12. The van der Waals surface area contributed by atoms with Gasteiger partial charge in [-0.1, -0.05) is 0 Å². The molecule has 0 aliphatic carbocycles. The summed E-state index contributed by atoms with van der Waals surface area (Å²) in [5.74, 6) is 0.247. The van der Waals surface area contributed by atoms with Crippen molar-refractivity contribution in [2.75, 3.05) is 20.0 Å². The number of anilines is 1. The van der Waals surface area contributed by atoms with E-state index < -0.39 is 5.97 Å². The molecule has 0 saturated carbocycles. The Morgan fingerprint density at radius 1 is 1.38 bits per heavy atom. The van der Waals surface area contributed by atoms with Crippen molar-refractivity contribution in [1.29, 1.82) is 0 Å². The van der Waals surface area contributed by atoms with Crippen molar-refractivity contribution in [3.05, 3.63) is 29.3 Å². The highest BCUT2D eigenvalue weighted by molar-refractivity contribution is 7.13. The molecule has 108 valence electrons. The monoisotopic (exact) mass is 303 g/mol. The van der Waals surface area contributed by atoms with Crippen LogP contribution < -0.4 is 10.5 Å². The van der Waals surface area contributed by atoms with E-state index in [1.807, 2.05) is 23.6 Å². The van der Waals surface area contributed by atoms with Crippen LogP contribution in [0.4, 0.5) is 5.13 Å². The van der Waals surface area contributed by atoms with Crippen LogP contribution in [0.2, 0.25) is 0 Å². The first-order valence-corrected chi connectivity index (χ1v) is 7.01. The number of carbonyl (C=O) groups excluding carboxylic acids is 1. The van der Waals surface area contributed by atoms with E-state index >= 15 is 0 Å². The molecule has 7 heteroatoms. The van der Waals surface area contributed by atoms with Crippen molar-refractivity contribution in [1.82, 2.24) is 9.97 Å². The second-order valence-corrected chi connectivity index (χ2v) is 5.24. The number of fused-ring (bicyclic) bond motifs is 1. The molecule has 3 aromatic rings. The van der Waals surface area contributed by atoms with Gasteiger partial charge in [-0.3, -0.25) is 0 Å². The average molecular weight is 303 g/mol. The molecule has 2 heterocycles. The number of aromatic nitrogens is 2. The molecule has 21 heavy (non-hydrogen) atoms. The first kappa shape index (κ1) is 13.4. The minimum absolute atomic E-state index is 0.353. The van der Waals surface area contributed by atoms with Crippen LogP contribution in [0.5, 0.6) is 5.75 Å². The quantitative estimate of drug-likeness (QED) is 0.726. The number of carbonyl (C=O) groups is 1. The maximum atomic E-state index is 12.0. The van der Waals surface area contributed by atoms with Gasteiger partial charge in [0.1, 0.15) is 11.4 Å². The normalized spacial score (nSPS) is 10.8. The lowest BCUT2D eigenvalue weighted by atomic mass is 10.1. The smallest absolute Gasteiger partial charge is 0.355 e. The van der Waals surface area contributed by atoms with E-state index in [-0.39, 0.29) is 0 Å². The van der Waals surface area contributed by atoms with Crippen LogP contribution in [0.3, 0.4) is 0 Å². The number of nitrogens with two attached hydrogens (primary N) is 1. The van der Waals surface area contributed by atoms with Crippen molar-refractivity contribution >= 4 is 33.3 Å². The largest absolute Gasteiger partial charge is 0.497 e. The highest BCUT2D eigenvalue weighted by atomic mass is 32.1. The first-order valence-electron chi connectivity index (χ1n) is 6.13. The van der Waals surface area contributed by atoms with E-state index in [1.165, 1.54) is 18.4 Å². The molecular formula is C14H13N3O3S. The predicted octanol–water partition coefficient (Wildman–Crippen LogP) is 2.67. The van der Waals surface area contributed by atoms with Gasteiger partial charge in [-0.15, -0.1) is 11.3 Å². The van der Waals surface area contributed by atoms with Gasteiger partial charge in [0.2, 0.25) is 0 Å². The van der Waals surface area contributed by atoms with Crippen LogP contribution in [-0.2, 0) is 4.74 Å². The van der Waals surface area contributed by atoms with Gasteiger partial charge in [-0.05, 0) is 12.1 Å². The van der Waals surface area contributed by atoms with E-state index in [1.54, 1.807) is 7.11 Å². The van der Waals surface area contributed by atoms with Crippen molar-refractivity contribution in [3.63, 3.8) is 0 Å². The minimum atomic E-state index is -0.452. The third-order valence-electron chi connectivity index (χ3n) is 3.17. The highest BCUT2D eigenvalue weighted by Crippen LogP contribution is 2.35. The SMILES string of the molecule is COC(=O)c1[nH]c2cc(OC)ccc2c1-c1csc(N)n1. The summed E-state index contributed by atoms with van der Waals surface area (Å²) in [7, 11) is 2.93. The summed E-state index contributed by atoms with van der Waals surface area (Å²) in [6, 6.07) is 5.53. The van der Waals surface area contributed by atoms with Crippen LogP contribution >= 0.6 is 11.3 Å². The van der Waals surface area contributed by atoms with Crippen LogP contribution in [0.1, 0.15) is 10.5 Å². The molecule has 0 bridgehead atoms. The Balaban J connectivity index is 2.30. The number of esters is 1. The number of nitrogens with zero attached hydrogens (tertiary/aromatic N) is 1. The Bertz CT molecular complexity index is 822. The maximum absolute atomic E-state index is 12.0. The van der Waals surface area contributed by atoms with Gasteiger partial charge in [0.25, 0.3) is 0 Å². The summed E-state index contributed by atoms with van der Waals surface area (Å²) in [6.45, 7) is 0. The van der Waals surface area contributed by atoms with E-state index in [0.717, 1.165) is 10.9 Å². The van der Waals surface area contributed by atoms with Crippen molar-refractivity contribution in [3.8, 4) is 17.0 Å². The van der Waals surface area contributed by atoms with Gasteiger partial charge in [0.15, 0.2) is 5.13 Å². The average Bonchev–Trinajstić information content (AvgIpc) is 3.08. The standard InChI is InChI=1S/C14H13N3O3S/c1-19-7-3-4-8-9(5-7)16-12(13(18)20-2)11(8)10-6-21-14(15)17-10/h3-6,16H,1-2H3,(H2,15,17). The van der Waals surface area contributed by atoms with Crippen molar-refractivity contribution < 1.29 is 14.3 Å². The van der Waals surface area contributed by atoms with Crippen molar-refractivity contribution in [2.24, 2.45) is 0 Å². The summed E-state index contributed by atoms with van der Waals surface area (Å²) in [4.78, 5) is 19.3. The zero-order valence-corrected chi connectivity index (χ0v) is 12.3. The fraction of sp³-hybridized carbons (Fsp3) is 0.143. The lowest BCUT2D eigenvalue weighted by Gasteiger charge is -2.01. The molecule has 0 atom stereocenters. The van der Waals surface area contributed by atoms with E-state index in [4.69, 9.17) is 15.2 Å². The number of hydrogen-bond donors (Lipinski definition) is 2. The van der Waals surface area contributed by atoms with E-state index in [0.29, 0.717) is 27.8 Å². The Kier molecular flexibility index (Phi) is 3.26. The number of rotatable bonds is 3. The molecule has 2 aromatic heterocycles. The molecule has 3 rings (SSSR count). The summed E-state index contributed by atoms with van der Waals surface area (Å²) in [5.41, 5.74) is 8.16. The number of methoxy groups -OCH3 is 2. The summed E-state index contributed by atoms with van der Waals surface area (Å²) >= 11 is 1.32. The van der Waals surface area contributed by atoms with Gasteiger partial charge < -0.3 is 20.2 Å². The second-order valence-electron chi connectivity index (χ2n) is 4.35. The first-order chi connectivity index (χ1) is 10.1. The summed E-state index contributed by atoms with van der Waals surface area (Å²) in [6.07, 6.45) is 0. The van der Waals surface area contributed by atoms with Crippen LogP contribution in [-0.4, -0.2) is 30.2 Å².